The number of hydrogen-bond acceptors (Lipinski definition) is 5. The number of unbranched alkanes of at least 4 members (excludes halogenated alkanes) is 25. The maximum absolute atomic E-state index is 12.9. The van der Waals surface area contributed by atoms with Crippen molar-refractivity contribution in [3.63, 3.8) is 0 Å². The van der Waals surface area contributed by atoms with E-state index in [2.05, 4.69) is 92.1 Å². The number of rotatable bonds is 50. The number of aliphatic hydroxyl groups excluding tert-OH is 1. The van der Waals surface area contributed by atoms with Crippen molar-refractivity contribution in [2.45, 2.75) is 251 Å². The molecule has 0 bridgehead atoms. The van der Waals surface area contributed by atoms with E-state index >= 15 is 0 Å². The lowest BCUT2D eigenvalue weighted by Crippen LogP contribution is -2.46. The van der Waals surface area contributed by atoms with Gasteiger partial charge in [-0.2, -0.15) is 0 Å². The fourth-order valence-electron chi connectivity index (χ4n) is 7.87. The van der Waals surface area contributed by atoms with E-state index in [-0.39, 0.29) is 19.1 Å². The lowest BCUT2D eigenvalue weighted by molar-refractivity contribution is -0.870. The molecule has 0 aromatic carbocycles. The van der Waals surface area contributed by atoms with Gasteiger partial charge in [-0.15, -0.1) is 0 Å². The molecular formula is C58H108N2O6P+. The van der Waals surface area contributed by atoms with Crippen molar-refractivity contribution in [1.29, 1.82) is 0 Å². The zero-order chi connectivity index (χ0) is 49.2. The quantitative estimate of drug-likeness (QED) is 0.0243. The summed E-state index contributed by atoms with van der Waals surface area (Å²) in [5.41, 5.74) is 0. The first-order valence-corrected chi connectivity index (χ1v) is 29.3. The van der Waals surface area contributed by atoms with E-state index < -0.39 is 20.0 Å². The Morgan fingerprint density at radius 1 is 0.522 bits per heavy atom. The second kappa shape index (κ2) is 48.9. The second-order valence-electron chi connectivity index (χ2n) is 19.9. The number of phosphoric ester groups is 1. The van der Waals surface area contributed by atoms with Gasteiger partial charge in [0.15, 0.2) is 0 Å². The van der Waals surface area contributed by atoms with Crippen LogP contribution in [-0.2, 0) is 18.4 Å². The molecule has 0 fully saturated rings. The predicted octanol–water partition coefficient (Wildman–Crippen LogP) is 16.7. The molecular weight excluding hydrogens is 852 g/mol. The van der Waals surface area contributed by atoms with Gasteiger partial charge in [-0.25, -0.2) is 4.57 Å². The highest BCUT2D eigenvalue weighted by atomic mass is 31.2. The van der Waals surface area contributed by atoms with Crippen molar-refractivity contribution >= 4 is 13.7 Å². The molecule has 0 aliphatic carbocycles. The minimum absolute atomic E-state index is 0.0736. The van der Waals surface area contributed by atoms with Crippen LogP contribution in [0.4, 0.5) is 0 Å². The van der Waals surface area contributed by atoms with Gasteiger partial charge in [0.2, 0.25) is 5.91 Å². The van der Waals surface area contributed by atoms with Crippen LogP contribution in [-0.4, -0.2) is 73.4 Å². The van der Waals surface area contributed by atoms with Gasteiger partial charge in [-0.05, 0) is 64.2 Å². The van der Waals surface area contributed by atoms with Gasteiger partial charge in [0.05, 0.1) is 39.9 Å². The minimum Gasteiger partial charge on any atom is -0.391 e. The largest absolute Gasteiger partial charge is 0.472 e. The van der Waals surface area contributed by atoms with Gasteiger partial charge in [0.1, 0.15) is 13.2 Å². The molecule has 0 aliphatic rings. The summed E-state index contributed by atoms with van der Waals surface area (Å²) in [6, 6.07) is -0.757. The maximum Gasteiger partial charge on any atom is 0.472 e. The first-order chi connectivity index (χ1) is 32.5. The third-order valence-electron chi connectivity index (χ3n) is 12.2. The molecule has 0 saturated carbocycles. The first-order valence-electron chi connectivity index (χ1n) is 27.8. The zero-order valence-electron chi connectivity index (χ0n) is 44.4. The Hall–Kier alpha value is -2.06. The predicted molar refractivity (Wildman–Crippen MR) is 290 cm³/mol. The van der Waals surface area contributed by atoms with E-state index in [4.69, 9.17) is 9.05 Å². The monoisotopic (exact) mass is 960 g/mol. The van der Waals surface area contributed by atoms with Crippen molar-refractivity contribution in [3.05, 3.63) is 72.9 Å². The van der Waals surface area contributed by atoms with Crippen LogP contribution in [0, 0.1) is 0 Å². The normalized spacial score (nSPS) is 14.6. The molecule has 0 aliphatic heterocycles. The number of nitrogens with zero attached hydrogens (tertiary/aromatic N) is 1. The van der Waals surface area contributed by atoms with Crippen molar-refractivity contribution in [2.24, 2.45) is 0 Å². The average molecular weight is 960 g/mol. The third kappa shape index (κ3) is 51.6. The number of allylic oxidation sites excluding steroid dienone is 12. The fraction of sp³-hybridized carbons (Fsp3) is 0.776. The smallest absolute Gasteiger partial charge is 0.391 e. The van der Waals surface area contributed by atoms with E-state index in [9.17, 15) is 19.4 Å². The highest BCUT2D eigenvalue weighted by Crippen LogP contribution is 2.43. The Bertz CT molecular complexity index is 1320. The second-order valence-corrected chi connectivity index (χ2v) is 21.4. The summed E-state index contributed by atoms with van der Waals surface area (Å²) in [6.45, 7) is 4.71. The number of carbonyl (C=O) groups excluding carboxylic acids is 1. The molecule has 0 rings (SSSR count). The summed E-state index contributed by atoms with van der Waals surface area (Å²) in [5.74, 6) is -0.149. The van der Waals surface area contributed by atoms with E-state index in [1.165, 1.54) is 135 Å². The Morgan fingerprint density at radius 2 is 0.896 bits per heavy atom. The number of phosphoric acid groups is 1. The highest BCUT2D eigenvalue weighted by molar-refractivity contribution is 7.47. The number of hydrogen-bond donors (Lipinski definition) is 3. The van der Waals surface area contributed by atoms with Crippen LogP contribution in [0.25, 0.3) is 0 Å². The van der Waals surface area contributed by atoms with E-state index in [1.54, 1.807) is 0 Å². The first kappa shape index (κ1) is 64.9. The molecule has 67 heavy (non-hydrogen) atoms. The molecule has 3 unspecified atom stereocenters. The Balaban J connectivity index is 3.77. The van der Waals surface area contributed by atoms with Gasteiger partial charge >= 0.3 is 7.82 Å². The summed E-state index contributed by atoms with van der Waals surface area (Å²) in [7, 11) is 1.61. The van der Waals surface area contributed by atoms with Crippen molar-refractivity contribution in [3.8, 4) is 0 Å². The number of quaternary nitrogens is 1. The van der Waals surface area contributed by atoms with Gasteiger partial charge in [0.25, 0.3) is 0 Å². The Labute approximate surface area is 414 Å². The Morgan fingerprint density at radius 3 is 1.31 bits per heavy atom. The summed E-state index contributed by atoms with van der Waals surface area (Å²) < 4.78 is 23.5. The lowest BCUT2D eigenvalue weighted by atomic mass is 10.0. The molecule has 0 spiro atoms. The fourth-order valence-corrected chi connectivity index (χ4v) is 8.61. The molecule has 0 aromatic heterocycles. The van der Waals surface area contributed by atoms with Crippen molar-refractivity contribution in [2.75, 3.05) is 40.9 Å². The van der Waals surface area contributed by atoms with Gasteiger partial charge in [0, 0.05) is 6.42 Å². The molecule has 0 aromatic rings. The third-order valence-corrected chi connectivity index (χ3v) is 13.2. The van der Waals surface area contributed by atoms with Gasteiger partial charge in [-0.3, -0.25) is 13.8 Å². The molecule has 0 radical (unpaired) electrons. The maximum atomic E-state index is 12.9. The number of carbonyl (C=O) groups is 1. The topological polar surface area (TPSA) is 105 Å². The highest BCUT2D eigenvalue weighted by Gasteiger charge is 2.28. The minimum atomic E-state index is -4.30. The summed E-state index contributed by atoms with van der Waals surface area (Å²) >= 11 is 0. The molecule has 390 valence electrons. The molecule has 0 saturated heterocycles. The molecule has 1 amide bonds. The Kier molecular flexibility index (Phi) is 47.4. The molecule has 3 atom stereocenters. The summed E-state index contributed by atoms with van der Waals surface area (Å²) in [6.07, 6.45) is 67.3. The number of likely N-dealkylation sites (N-methyl/N-ethyl adjacent to an activating group) is 1. The standard InChI is InChI=1S/C58H107N2O6P/c1-6-8-10-12-14-15-16-17-18-19-20-21-22-23-24-25-26-27-28-29-30-31-32-33-34-35-36-37-38-39-40-41-42-43-44-45-46-48-50-52-58(62)59-56(57(61)51-49-47-13-11-9-7-2)55-66-67(63,64)65-54-53-60(3,4)5/h8,10,14-15,17-18,20-21,23-24,26-27,56-57,61H,6-7,9,11-13,16,19,22,25,28-55H2,1-5H3,(H-,59,62,63,64)/p+1/b10-8-,15-14-,18-17-,21-20-,24-23-,27-26-. The van der Waals surface area contributed by atoms with Crippen LogP contribution < -0.4 is 5.32 Å². The van der Waals surface area contributed by atoms with E-state index in [0.717, 1.165) is 77.0 Å². The lowest BCUT2D eigenvalue weighted by Gasteiger charge is -2.26. The van der Waals surface area contributed by atoms with Crippen molar-refractivity contribution in [1.82, 2.24) is 5.32 Å². The van der Waals surface area contributed by atoms with Crippen LogP contribution in [0.1, 0.15) is 239 Å². The SMILES string of the molecule is CC/C=C\C/C=C\C/C=C\C/C=C\C/C=C\C/C=C\CCCCCCCCCCCCCCCCCCCCCCC(=O)NC(COP(=O)(O)OCC[N+](C)(C)C)C(O)CCCCCCCC. The molecule has 9 heteroatoms. The molecule has 8 nitrogen and oxygen atoms in total. The van der Waals surface area contributed by atoms with E-state index in [0.29, 0.717) is 23.9 Å². The molecule has 0 heterocycles. The van der Waals surface area contributed by atoms with Crippen LogP contribution in [0.2, 0.25) is 0 Å². The van der Waals surface area contributed by atoms with Crippen LogP contribution in [0.3, 0.4) is 0 Å². The van der Waals surface area contributed by atoms with Crippen LogP contribution >= 0.6 is 7.82 Å². The average Bonchev–Trinajstić information content (AvgIpc) is 3.29. The zero-order valence-corrected chi connectivity index (χ0v) is 45.3. The summed E-state index contributed by atoms with van der Waals surface area (Å²) in [5, 5.41) is 13.8. The van der Waals surface area contributed by atoms with E-state index in [1.807, 2.05) is 21.1 Å². The van der Waals surface area contributed by atoms with Gasteiger partial charge < -0.3 is 19.8 Å². The molecule has 3 N–H and O–H groups in total. The van der Waals surface area contributed by atoms with Gasteiger partial charge in [-0.1, -0.05) is 241 Å². The van der Waals surface area contributed by atoms with Crippen LogP contribution in [0.5, 0.6) is 0 Å². The number of nitrogens with one attached hydrogen (secondary N) is 1. The number of amides is 1. The van der Waals surface area contributed by atoms with Crippen LogP contribution in [0.15, 0.2) is 72.9 Å². The summed E-state index contributed by atoms with van der Waals surface area (Å²) in [4.78, 5) is 23.1. The number of aliphatic hydroxyl groups is 1. The van der Waals surface area contributed by atoms with Crippen molar-refractivity contribution < 1.29 is 32.9 Å².